The van der Waals surface area contributed by atoms with Crippen molar-refractivity contribution in [1.29, 1.82) is 0 Å². The first-order chi connectivity index (χ1) is 5.95. The number of nitrogens with zero attached hydrogens (tertiary/aromatic N) is 1. The summed E-state index contributed by atoms with van der Waals surface area (Å²) in [4.78, 5) is 0. The van der Waals surface area contributed by atoms with E-state index < -0.39 is 0 Å². The van der Waals surface area contributed by atoms with Crippen molar-refractivity contribution in [3.63, 3.8) is 0 Å². The van der Waals surface area contributed by atoms with Gasteiger partial charge in [-0.05, 0) is 18.2 Å². The molecule has 2 heterocycles. The average Bonchev–Trinajstić information content (AvgIpc) is 2.52. The zero-order valence-electron chi connectivity index (χ0n) is 6.40. The maximum atomic E-state index is 5.35. The molecule has 0 spiro atoms. The Bertz CT molecular complexity index is 416. The third-order valence-electron chi connectivity index (χ3n) is 2.10. The quantitative estimate of drug-likeness (QED) is 0.515. The summed E-state index contributed by atoms with van der Waals surface area (Å²) in [5, 5.41) is 1.21. The van der Waals surface area contributed by atoms with Gasteiger partial charge in [-0.15, -0.1) is 0 Å². The van der Waals surface area contributed by atoms with Crippen LogP contribution < -0.4 is 9.13 Å². The Hall–Kier alpha value is -1.51. The lowest BCUT2D eigenvalue weighted by Crippen LogP contribution is -2.38. The Labute approximate surface area is 70.7 Å². The Kier molecular flexibility index (Phi) is 1.01. The lowest BCUT2D eigenvalue weighted by Gasteiger charge is -1.92. The minimum absolute atomic E-state index is 0.938. The van der Waals surface area contributed by atoms with Crippen molar-refractivity contribution < 1.29 is 9.13 Å². The maximum Gasteiger partial charge on any atom is 0.832 e. The van der Waals surface area contributed by atoms with Crippen LogP contribution in [0, 0.1) is 0 Å². The van der Waals surface area contributed by atoms with E-state index in [1.807, 2.05) is 28.9 Å². The topological polar surface area (TPSA) is 13.1 Å². The molecule has 12 heavy (non-hydrogen) atoms. The van der Waals surface area contributed by atoms with Crippen LogP contribution in [0.1, 0.15) is 0 Å². The third kappa shape index (κ3) is 0.631. The van der Waals surface area contributed by atoms with Gasteiger partial charge in [0.25, 0.3) is 0 Å². The number of hydrogen-bond acceptors (Lipinski definition) is 1. The first-order valence-corrected chi connectivity index (χ1v) is 3.88. The van der Waals surface area contributed by atoms with Gasteiger partial charge in [0.1, 0.15) is 6.20 Å². The molecule has 3 rings (SSSR count). The van der Waals surface area contributed by atoms with Gasteiger partial charge >= 0.3 is 7.62 Å². The van der Waals surface area contributed by atoms with Crippen molar-refractivity contribution in [1.82, 2.24) is 0 Å². The van der Waals surface area contributed by atoms with E-state index in [0.717, 1.165) is 11.3 Å². The van der Waals surface area contributed by atoms with E-state index in [1.165, 1.54) is 5.39 Å². The van der Waals surface area contributed by atoms with E-state index in [4.69, 9.17) is 4.65 Å². The SMILES string of the molecule is [B]1Oc2cccc3ccc[n+]1c23. The Balaban J connectivity index is 2.58. The number of rotatable bonds is 0. The fourth-order valence-corrected chi connectivity index (χ4v) is 1.56. The minimum atomic E-state index is 0.938. The highest BCUT2D eigenvalue weighted by molar-refractivity contribution is 6.20. The fraction of sp³-hybridized carbons (Fsp3) is 0. The van der Waals surface area contributed by atoms with Gasteiger partial charge in [-0.3, -0.25) is 0 Å². The summed E-state index contributed by atoms with van der Waals surface area (Å²) in [6, 6.07) is 10.1. The molecule has 0 amide bonds. The Morgan fingerprint density at radius 3 is 3.08 bits per heavy atom. The van der Waals surface area contributed by atoms with Crippen LogP contribution in [0.4, 0.5) is 0 Å². The smallest absolute Gasteiger partial charge is 0.493 e. The first-order valence-electron chi connectivity index (χ1n) is 3.88. The standard InChI is InChI=1S/C9H6BNO/c1-3-7-4-2-6-11-9(7)8(5-1)12-10-11/h1-6H/q+1. The van der Waals surface area contributed by atoms with Crippen molar-refractivity contribution in [2.24, 2.45) is 0 Å². The molecule has 1 aliphatic heterocycles. The molecular formula is C9H6BNO+. The van der Waals surface area contributed by atoms with Crippen molar-refractivity contribution in [3.05, 3.63) is 36.5 Å². The summed E-state index contributed by atoms with van der Waals surface area (Å²) in [5.74, 6) is 0.938. The predicted molar refractivity (Wildman–Crippen MR) is 45.9 cm³/mol. The molecule has 1 aromatic heterocycles. The normalized spacial score (nSPS) is 12.7. The van der Waals surface area contributed by atoms with E-state index in [9.17, 15) is 0 Å². The second kappa shape index (κ2) is 2.00. The van der Waals surface area contributed by atoms with Crippen molar-refractivity contribution in [2.45, 2.75) is 0 Å². The second-order valence-electron chi connectivity index (χ2n) is 2.83. The zero-order valence-corrected chi connectivity index (χ0v) is 6.40. The molecule has 0 saturated carbocycles. The molecular weight excluding hydrogens is 149 g/mol. The third-order valence-corrected chi connectivity index (χ3v) is 2.10. The van der Waals surface area contributed by atoms with Crippen LogP contribution in [-0.4, -0.2) is 7.62 Å². The van der Waals surface area contributed by atoms with E-state index in [-0.39, 0.29) is 0 Å². The molecule has 0 fully saturated rings. The zero-order chi connectivity index (χ0) is 7.97. The number of aromatic nitrogens is 1. The number of hydrogen-bond donors (Lipinski definition) is 0. The predicted octanol–water partition coefficient (Wildman–Crippen LogP) is 0.902. The number of benzene rings is 1. The van der Waals surface area contributed by atoms with Crippen LogP contribution >= 0.6 is 0 Å². The number of para-hydroxylation sites is 1. The van der Waals surface area contributed by atoms with E-state index in [1.54, 1.807) is 7.62 Å². The molecule has 1 aliphatic rings. The van der Waals surface area contributed by atoms with Crippen LogP contribution in [0.2, 0.25) is 0 Å². The molecule has 2 aromatic rings. The highest BCUT2D eigenvalue weighted by Crippen LogP contribution is 2.23. The summed E-state index contributed by atoms with van der Waals surface area (Å²) < 4.78 is 7.34. The van der Waals surface area contributed by atoms with Gasteiger partial charge in [-0.25, -0.2) is 4.48 Å². The molecule has 1 radical (unpaired) electrons. The van der Waals surface area contributed by atoms with Gasteiger partial charge in [0.15, 0.2) is 5.75 Å². The molecule has 1 aromatic carbocycles. The van der Waals surface area contributed by atoms with Crippen molar-refractivity contribution in [2.75, 3.05) is 0 Å². The molecule has 0 atom stereocenters. The molecule has 3 heteroatoms. The lowest BCUT2D eigenvalue weighted by molar-refractivity contribution is -0.501. The molecule has 0 bridgehead atoms. The summed E-state index contributed by atoms with van der Waals surface area (Å²) in [7, 11) is 1.72. The molecule has 2 nitrogen and oxygen atoms in total. The minimum Gasteiger partial charge on any atom is -0.493 e. The van der Waals surface area contributed by atoms with Crippen LogP contribution in [0.5, 0.6) is 5.75 Å². The lowest BCUT2D eigenvalue weighted by atomic mass is 10.2. The fourth-order valence-electron chi connectivity index (χ4n) is 1.56. The molecule has 55 valence electrons. The van der Waals surface area contributed by atoms with Crippen molar-refractivity contribution >= 4 is 18.5 Å². The van der Waals surface area contributed by atoms with Gasteiger partial charge in [0.2, 0.25) is 5.52 Å². The molecule has 0 aliphatic carbocycles. The van der Waals surface area contributed by atoms with Crippen molar-refractivity contribution in [3.8, 4) is 5.75 Å². The monoisotopic (exact) mass is 155 g/mol. The highest BCUT2D eigenvalue weighted by Gasteiger charge is 2.27. The van der Waals surface area contributed by atoms with Crippen LogP contribution in [0.3, 0.4) is 0 Å². The van der Waals surface area contributed by atoms with Gasteiger partial charge in [0, 0.05) is 11.5 Å². The number of pyridine rings is 1. The highest BCUT2D eigenvalue weighted by atomic mass is 16.4. The van der Waals surface area contributed by atoms with E-state index in [0.29, 0.717) is 0 Å². The second-order valence-corrected chi connectivity index (χ2v) is 2.83. The summed E-state index contributed by atoms with van der Waals surface area (Å²) >= 11 is 0. The summed E-state index contributed by atoms with van der Waals surface area (Å²) in [5.41, 5.74) is 1.15. The van der Waals surface area contributed by atoms with Crippen LogP contribution in [0.25, 0.3) is 10.9 Å². The first kappa shape index (κ1) is 6.06. The molecule has 0 N–H and O–H groups in total. The largest absolute Gasteiger partial charge is 0.832 e. The van der Waals surface area contributed by atoms with Gasteiger partial charge < -0.3 is 4.65 Å². The van der Waals surface area contributed by atoms with Gasteiger partial charge in [-0.1, -0.05) is 6.07 Å². The van der Waals surface area contributed by atoms with E-state index in [2.05, 4.69) is 12.1 Å². The van der Waals surface area contributed by atoms with E-state index >= 15 is 0 Å². The average molecular weight is 155 g/mol. The summed E-state index contributed by atoms with van der Waals surface area (Å²) in [6.45, 7) is 0. The molecule has 0 saturated heterocycles. The Morgan fingerprint density at radius 1 is 1.17 bits per heavy atom. The maximum absolute atomic E-state index is 5.35. The molecule has 0 unspecified atom stereocenters. The Morgan fingerprint density at radius 2 is 2.08 bits per heavy atom. The van der Waals surface area contributed by atoms with Gasteiger partial charge in [-0.2, -0.15) is 0 Å². The van der Waals surface area contributed by atoms with Crippen LogP contribution in [-0.2, 0) is 0 Å². The van der Waals surface area contributed by atoms with Crippen LogP contribution in [0.15, 0.2) is 36.5 Å². The summed E-state index contributed by atoms with van der Waals surface area (Å²) in [6.07, 6.45) is 1.98. The van der Waals surface area contributed by atoms with Gasteiger partial charge in [0.05, 0.1) is 0 Å².